The van der Waals surface area contributed by atoms with Crippen LogP contribution in [-0.2, 0) is 15.3 Å². The topological polar surface area (TPSA) is 103 Å². The molecule has 0 unspecified atom stereocenters. The minimum absolute atomic E-state index is 0.169. The molecule has 33 heavy (non-hydrogen) atoms. The van der Waals surface area contributed by atoms with Crippen LogP contribution in [0.25, 0.3) is 5.69 Å². The number of halogens is 1. The lowest BCUT2D eigenvalue weighted by atomic mass is 9.97. The second-order valence-electron chi connectivity index (χ2n) is 7.41. The van der Waals surface area contributed by atoms with Crippen LogP contribution in [0.3, 0.4) is 0 Å². The van der Waals surface area contributed by atoms with Gasteiger partial charge in [0.05, 0.1) is 23.9 Å². The number of aromatic nitrogens is 5. The van der Waals surface area contributed by atoms with Gasteiger partial charge in [0.1, 0.15) is 0 Å². The summed E-state index contributed by atoms with van der Waals surface area (Å²) in [6.45, 7) is 3.11. The van der Waals surface area contributed by atoms with E-state index in [-0.39, 0.29) is 17.8 Å². The first-order valence-corrected chi connectivity index (χ1v) is 12.4. The summed E-state index contributed by atoms with van der Waals surface area (Å²) in [7, 11) is 0. The fraction of sp³-hybridized carbons (Fsp3) is 0.364. The van der Waals surface area contributed by atoms with Crippen molar-refractivity contribution in [2.24, 2.45) is 5.92 Å². The predicted octanol–water partition coefficient (Wildman–Crippen LogP) is 3.53. The van der Waals surface area contributed by atoms with Gasteiger partial charge in [0.2, 0.25) is 0 Å². The summed E-state index contributed by atoms with van der Waals surface area (Å²) in [6, 6.07) is 9.40. The maximum atomic E-state index is 13.4. The van der Waals surface area contributed by atoms with Gasteiger partial charge in [-0.2, -0.15) is 0 Å². The summed E-state index contributed by atoms with van der Waals surface area (Å²) in [4.78, 5) is 35.7. The number of rotatable bonds is 7. The lowest BCUT2D eigenvalue weighted by Gasteiger charge is -2.30. The van der Waals surface area contributed by atoms with E-state index in [4.69, 9.17) is 4.74 Å². The van der Waals surface area contributed by atoms with Crippen molar-refractivity contribution < 1.29 is 14.3 Å². The standard InChI is InChI=1S/C22H23BrN6O3S/c1-2-32-21(31)15-8-12-28(13-9-15)20(30)19-18(14-33-22-24-10-3-11-25-22)29(27-26-19)17-6-4-16(23)5-7-17/h3-7,10-11,15H,2,8-9,12-14H2,1H3. The Labute approximate surface area is 204 Å². The van der Waals surface area contributed by atoms with Gasteiger partial charge < -0.3 is 9.64 Å². The zero-order valence-corrected chi connectivity index (χ0v) is 20.5. The van der Waals surface area contributed by atoms with E-state index < -0.39 is 0 Å². The Bertz CT molecular complexity index is 1100. The molecule has 1 fully saturated rings. The lowest BCUT2D eigenvalue weighted by molar-refractivity contribution is -0.149. The normalized spacial score (nSPS) is 14.3. The highest BCUT2D eigenvalue weighted by Crippen LogP contribution is 2.26. The third-order valence-corrected chi connectivity index (χ3v) is 6.73. The van der Waals surface area contributed by atoms with E-state index in [0.717, 1.165) is 10.2 Å². The van der Waals surface area contributed by atoms with Crippen LogP contribution in [0.1, 0.15) is 35.9 Å². The number of carbonyl (C=O) groups is 2. The van der Waals surface area contributed by atoms with Gasteiger partial charge in [-0.3, -0.25) is 9.59 Å². The quantitative estimate of drug-likeness (QED) is 0.259. The van der Waals surface area contributed by atoms with Crippen molar-refractivity contribution in [3.05, 3.63) is 58.6 Å². The molecule has 0 N–H and O–H groups in total. The highest BCUT2D eigenvalue weighted by Gasteiger charge is 2.31. The minimum atomic E-state index is -0.190. The van der Waals surface area contributed by atoms with Crippen molar-refractivity contribution in [3.63, 3.8) is 0 Å². The Balaban J connectivity index is 1.56. The van der Waals surface area contributed by atoms with E-state index in [1.807, 2.05) is 24.3 Å². The van der Waals surface area contributed by atoms with Crippen molar-refractivity contribution in [2.45, 2.75) is 30.7 Å². The number of thioether (sulfide) groups is 1. The molecule has 0 spiro atoms. The molecule has 172 valence electrons. The second-order valence-corrected chi connectivity index (χ2v) is 9.27. The molecule has 0 atom stereocenters. The number of hydrogen-bond acceptors (Lipinski definition) is 8. The van der Waals surface area contributed by atoms with E-state index in [0.29, 0.717) is 54.8 Å². The average Bonchev–Trinajstić information content (AvgIpc) is 3.27. The molecule has 4 rings (SSSR count). The summed E-state index contributed by atoms with van der Waals surface area (Å²) in [5.74, 6) is -0.123. The van der Waals surface area contributed by atoms with Crippen LogP contribution in [0, 0.1) is 5.92 Å². The Morgan fingerprint density at radius 1 is 1.15 bits per heavy atom. The molecule has 3 heterocycles. The molecule has 9 nitrogen and oxygen atoms in total. The molecule has 2 aromatic heterocycles. The Morgan fingerprint density at radius 3 is 2.52 bits per heavy atom. The maximum absolute atomic E-state index is 13.4. The number of carbonyl (C=O) groups excluding carboxylic acids is 2. The van der Waals surface area contributed by atoms with Gasteiger partial charge in [-0.1, -0.05) is 32.9 Å². The molecular weight excluding hydrogens is 508 g/mol. The predicted molar refractivity (Wildman–Crippen MR) is 126 cm³/mol. The number of nitrogens with zero attached hydrogens (tertiary/aromatic N) is 6. The third kappa shape index (κ3) is 5.59. The smallest absolute Gasteiger partial charge is 0.309 e. The van der Waals surface area contributed by atoms with E-state index >= 15 is 0 Å². The number of amides is 1. The van der Waals surface area contributed by atoms with Crippen LogP contribution >= 0.6 is 27.7 Å². The van der Waals surface area contributed by atoms with Gasteiger partial charge in [0.15, 0.2) is 10.9 Å². The molecule has 1 saturated heterocycles. The molecule has 1 aromatic carbocycles. The van der Waals surface area contributed by atoms with Gasteiger partial charge in [-0.15, -0.1) is 5.10 Å². The summed E-state index contributed by atoms with van der Waals surface area (Å²) in [5, 5.41) is 9.14. The SMILES string of the molecule is CCOC(=O)C1CCN(C(=O)c2nnn(-c3ccc(Br)cc3)c2CSc2ncccn2)CC1. The maximum Gasteiger partial charge on any atom is 0.309 e. The number of ether oxygens (including phenoxy) is 1. The second kappa shape index (κ2) is 10.9. The number of esters is 1. The molecule has 0 saturated carbocycles. The Morgan fingerprint density at radius 2 is 1.85 bits per heavy atom. The van der Waals surface area contributed by atoms with Gasteiger partial charge in [0.25, 0.3) is 5.91 Å². The van der Waals surface area contributed by atoms with Gasteiger partial charge in [0, 0.05) is 35.7 Å². The van der Waals surface area contributed by atoms with Crippen molar-refractivity contribution in [2.75, 3.05) is 19.7 Å². The van der Waals surface area contributed by atoms with Crippen LogP contribution in [-0.4, -0.2) is 61.4 Å². The average molecular weight is 531 g/mol. The number of hydrogen-bond donors (Lipinski definition) is 0. The van der Waals surface area contributed by atoms with E-state index in [2.05, 4.69) is 36.2 Å². The minimum Gasteiger partial charge on any atom is -0.466 e. The van der Waals surface area contributed by atoms with Gasteiger partial charge >= 0.3 is 5.97 Å². The summed E-state index contributed by atoms with van der Waals surface area (Å²) in [5.41, 5.74) is 1.78. The zero-order valence-electron chi connectivity index (χ0n) is 18.1. The van der Waals surface area contributed by atoms with E-state index in [1.165, 1.54) is 11.8 Å². The van der Waals surface area contributed by atoms with Gasteiger partial charge in [-0.25, -0.2) is 14.6 Å². The number of piperidine rings is 1. The summed E-state index contributed by atoms with van der Waals surface area (Å²) < 4.78 is 7.76. The first-order chi connectivity index (χ1) is 16.1. The van der Waals surface area contributed by atoms with Crippen molar-refractivity contribution in [1.82, 2.24) is 29.9 Å². The molecule has 1 amide bonds. The van der Waals surface area contributed by atoms with E-state index in [1.54, 1.807) is 35.0 Å². The van der Waals surface area contributed by atoms with Crippen molar-refractivity contribution >= 4 is 39.6 Å². The molecule has 1 aliphatic heterocycles. The molecule has 3 aromatic rings. The fourth-order valence-electron chi connectivity index (χ4n) is 3.61. The van der Waals surface area contributed by atoms with Crippen LogP contribution in [0.15, 0.2) is 52.4 Å². The van der Waals surface area contributed by atoms with Crippen LogP contribution in [0.4, 0.5) is 0 Å². The molecule has 0 radical (unpaired) electrons. The Hall–Kier alpha value is -2.79. The van der Waals surface area contributed by atoms with E-state index in [9.17, 15) is 9.59 Å². The zero-order chi connectivity index (χ0) is 23.2. The third-order valence-electron chi connectivity index (χ3n) is 5.32. The first-order valence-electron chi connectivity index (χ1n) is 10.6. The first kappa shape index (κ1) is 23.4. The van der Waals surface area contributed by atoms with Crippen LogP contribution in [0.5, 0.6) is 0 Å². The molecule has 1 aliphatic rings. The number of benzene rings is 1. The molecule has 0 aliphatic carbocycles. The lowest BCUT2D eigenvalue weighted by Crippen LogP contribution is -2.41. The molecule has 11 heteroatoms. The molecular formula is C22H23BrN6O3S. The highest BCUT2D eigenvalue weighted by atomic mass is 79.9. The van der Waals surface area contributed by atoms with Crippen LogP contribution in [0.2, 0.25) is 0 Å². The largest absolute Gasteiger partial charge is 0.466 e. The fourth-order valence-corrected chi connectivity index (χ4v) is 4.67. The van der Waals surface area contributed by atoms with Crippen LogP contribution < -0.4 is 0 Å². The summed E-state index contributed by atoms with van der Waals surface area (Å²) >= 11 is 4.86. The highest BCUT2D eigenvalue weighted by molar-refractivity contribution is 9.10. The Kier molecular flexibility index (Phi) is 7.71. The van der Waals surface area contributed by atoms with Crippen molar-refractivity contribution in [1.29, 1.82) is 0 Å². The number of likely N-dealkylation sites (tertiary alicyclic amines) is 1. The summed E-state index contributed by atoms with van der Waals surface area (Å²) in [6.07, 6.45) is 4.51. The van der Waals surface area contributed by atoms with Crippen molar-refractivity contribution in [3.8, 4) is 5.69 Å². The van der Waals surface area contributed by atoms with Gasteiger partial charge in [-0.05, 0) is 50.1 Å². The monoisotopic (exact) mass is 530 g/mol. The molecule has 0 bridgehead atoms.